The van der Waals surface area contributed by atoms with E-state index in [9.17, 15) is 0 Å². The summed E-state index contributed by atoms with van der Waals surface area (Å²) in [4.78, 5) is 0. The maximum absolute atomic E-state index is 2.53. The summed E-state index contributed by atoms with van der Waals surface area (Å²) in [6.45, 7) is 21.6. The quantitative estimate of drug-likeness (QED) is 0.412. The summed E-state index contributed by atoms with van der Waals surface area (Å²) in [6, 6.07) is 0. The van der Waals surface area contributed by atoms with Gasteiger partial charge < -0.3 is 0 Å². The second-order valence-electron chi connectivity index (χ2n) is 12.0. The van der Waals surface area contributed by atoms with Crippen molar-refractivity contribution in [2.24, 2.45) is 59.2 Å². The van der Waals surface area contributed by atoms with Crippen molar-refractivity contribution >= 4 is 0 Å². The molecule has 3 aliphatic carbocycles. The molecule has 3 rings (SSSR count). The van der Waals surface area contributed by atoms with E-state index in [1.165, 1.54) is 51.4 Å². The molecule has 0 bridgehead atoms. The standard InChI is InChI=1S/C16H30.C13H24/c1-11-5-7-15(9-13(11)3)16-8-6-12(2)14(4)10-16;1-6-9(2)13-7-10(3)12(5)11(4)8-13/h11-16H,5-10H2,1-4H3;7,9,11-13H,6,8H2,1-5H3. The average Bonchev–Trinajstić information content (AvgIpc) is 2.69. The molecule has 0 aliphatic heterocycles. The fourth-order valence-corrected chi connectivity index (χ4v) is 6.37. The van der Waals surface area contributed by atoms with Gasteiger partial charge in [0.15, 0.2) is 0 Å². The van der Waals surface area contributed by atoms with E-state index in [0.29, 0.717) is 0 Å². The van der Waals surface area contributed by atoms with E-state index in [1.54, 1.807) is 5.57 Å². The Kier molecular flexibility index (Phi) is 9.82. The van der Waals surface area contributed by atoms with E-state index in [1.807, 2.05) is 0 Å². The molecule has 10 unspecified atom stereocenters. The molecule has 0 N–H and O–H groups in total. The third-order valence-electron chi connectivity index (χ3n) is 10.0. The van der Waals surface area contributed by atoms with Gasteiger partial charge in [0.1, 0.15) is 0 Å². The fourth-order valence-electron chi connectivity index (χ4n) is 6.37. The largest absolute Gasteiger partial charge is 0.0819 e. The summed E-state index contributed by atoms with van der Waals surface area (Å²) in [5.74, 6) is 9.46. The Morgan fingerprint density at radius 1 is 0.724 bits per heavy atom. The third-order valence-corrected chi connectivity index (χ3v) is 10.0. The van der Waals surface area contributed by atoms with Gasteiger partial charge >= 0.3 is 0 Å². The van der Waals surface area contributed by atoms with Gasteiger partial charge in [-0.05, 0) is 98.2 Å². The summed E-state index contributed by atoms with van der Waals surface area (Å²) < 4.78 is 0. The lowest BCUT2D eigenvalue weighted by Crippen LogP contribution is -2.31. The Labute approximate surface area is 184 Å². The highest BCUT2D eigenvalue weighted by atomic mass is 14.4. The number of hydrogen-bond acceptors (Lipinski definition) is 0. The molecular formula is C29H54. The molecule has 0 amide bonds. The first-order valence-corrected chi connectivity index (χ1v) is 13.3. The third kappa shape index (κ3) is 6.87. The molecule has 0 heterocycles. The van der Waals surface area contributed by atoms with Crippen LogP contribution >= 0.6 is 0 Å². The SMILES string of the molecule is CC1CCC(C2CCC(C)C(C)C2)CC1C.CCC(C)C1C=C(C)C(C)C(C)C1. The molecule has 0 radical (unpaired) electrons. The van der Waals surface area contributed by atoms with Crippen LogP contribution in [0.15, 0.2) is 11.6 Å². The first-order valence-electron chi connectivity index (χ1n) is 13.3. The van der Waals surface area contributed by atoms with Crippen LogP contribution in [0.3, 0.4) is 0 Å². The molecule has 0 aromatic heterocycles. The highest BCUT2D eigenvalue weighted by Gasteiger charge is 2.34. The molecule has 3 aliphatic rings. The number of rotatable bonds is 3. The van der Waals surface area contributed by atoms with E-state index in [-0.39, 0.29) is 0 Å². The zero-order valence-corrected chi connectivity index (χ0v) is 21.5. The molecule has 170 valence electrons. The van der Waals surface area contributed by atoms with Gasteiger partial charge in [-0.15, -0.1) is 0 Å². The second-order valence-corrected chi connectivity index (χ2v) is 12.0. The van der Waals surface area contributed by atoms with E-state index in [4.69, 9.17) is 0 Å². The number of hydrogen-bond donors (Lipinski definition) is 0. The zero-order chi connectivity index (χ0) is 21.7. The summed E-state index contributed by atoms with van der Waals surface area (Å²) in [5, 5.41) is 0. The van der Waals surface area contributed by atoms with Gasteiger partial charge in [-0.3, -0.25) is 0 Å². The molecule has 0 spiro atoms. The summed E-state index contributed by atoms with van der Waals surface area (Å²) in [7, 11) is 0. The average molecular weight is 403 g/mol. The van der Waals surface area contributed by atoms with Crippen LogP contribution in [-0.4, -0.2) is 0 Å². The van der Waals surface area contributed by atoms with Gasteiger partial charge in [0, 0.05) is 0 Å². The van der Waals surface area contributed by atoms with E-state index < -0.39 is 0 Å². The normalized spacial score (nSPS) is 44.3. The fraction of sp³-hybridized carbons (Fsp3) is 0.931. The van der Waals surface area contributed by atoms with Crippen LogP contribution < -0.4 is 0 Å². The van der Waals surface area contributed by atoms with Crippen LogP contribution in [0.2, 0.25) is 0 Å². The minimum absolute atomic E-state index is 0.806. The van der Waals surface area contributed by atoms with Gasteiger partial charge in [0.2, 0.25) is 0 Å². The maximum Gasteiger partial charge on any atom is -0.0202 e. The lowest BCUT2D eigenvalue weighted by molar-refractivity contribution is 0.0956. The molecule has 0 aromatic rings. The van der Waals surface area contributed by atoms with Crippen molar-refractivity contribution in [3.05, 3.63) is 11.6 Å². The van der Waals surface area contributed by atoms with Crippen molar-refractivity contribution in [2.45, 2.75) is 114 Å². The lowest BCUT2D eigenvalue weighted by Gasteiger charge is -2.41. The molecule has 2 saturated carbocycles. The molecular weight excluding hydrogens is 348 g/mol. The van der Waals surface area contributed by atoms with Gasteiger partial charge in [0.05, 0.1) is 0 Å². The Morgan fingerprint density at radius 3 is 1.59 bits per heavy atom. The monoisotopic (exact) mass is 402 g/mol. The van der Waals surface area contributed by atoms with Crippen molar-refractivity contribution in [3.8, 4) is 0 Å². The van der Waals surface area contributed by atoms with E-state index >= 15 is 0 Å². The lowest BCUT2D eigenvalue weighted by atomic mass is 9.64. The Morgan fingerprint density at radius 2 is 1.21 bits per heavy atom. The van der Waals surface area contributed by atoms with E-state index in [2.05, 4.69) is 68.4 Å². The molecule has 0 aromatic carbocycles. The first kappa shape index (κ1) is 25.0. The summed E-state index contributed by atoms with van der Waals surface area (Å²) >= 11 is 0. The van der Waals surface area contributed by atoms with Gasteiger partial charge in [-0.25, -0.2) is 0 Å². The Balaban J connectivity index is 0.000000212. The zero-order valence-electron chi connectivity index (χ0n) is 21.5. The topological polar surface area (TPSA) is 0 Å². The molecule has 0 heteroatoms. The van der Waals surface area contributed by atoms with Crippen LogP contribution in [0, 0.1) is 59.2 Å². The van der Waals surface area contributed by atoms with Gasteiger partial charge in [-0.1, -0.05) is 86.3 Å². The van der Waals surface area contributed by atoms with Crippen LogP contribution in [0.25, 0.3) is 0 Å². The summed E-state index contributed by atoms with van der Waals surface area (Å²) in [5.41, 5.74) is 1.61. The molecule has 29 heavy (non-hydrogen) atoms. The first-order chi connectivity index (χ1) is 13.6. The Bertz CT molecular complexity index is 478. The predicted molar refractivity (Wildman–Crippen MR) is 131 cm³/mol. The maximum atomic E-state index is 2.53. The van der Waals surface area contributed by atoms with Gasteiger partial charge in [0.25, 0.3) is 0 Å². The van der Waals surface area contributed by atoms with Crippen molar-refractivity contribution in [3.63, 3.8) is 0 Å². The minimum atomic E-state index is 0.806. The van der Waals surface area contributed by atoms with Crippen LogP contribution in [0.4, 0.5) is 0 Å². The second kappa shape index (κ2) is 11.4. The number of allylic oxidation sites excluding steroid dienone is 2. The summed E-state index contributed by atoms with van der Waals surface area (Å²) in [6.07, 6.45) is 14.3. The van der Waals surface area contributed by atoms with Crippen molar-refractivity contribution in [1.29, 1.82) is 0 Å². The van der Waals surface area contributed by atoms with Crippen molar-refractivity contribution in [2.75, 3.05) is 0 Å². The van der Waals surface area contributed by atoms with Crippen LogP contribution in [-0.2, 0) is 0 Å². The minimum Gasteiger partial charge on any atom is -0.0819 e. The highest BCUT2D eigenvalue weighted by Crippen LogP contribution is 2.44. The van der Waals surface area contributed by atoms with Crippen LogP contribution in [0.1, 0.15) is 114 Å². The Hall–Kier alpha value is -0.260. The van der Waals surface area contributed by atoms with E-state index in [0.717, 1.165) is 59.2 Å². The van der Waals surface area contributed by atoms with Gasteiger partial charge in [-0.2, -0.15) is 0 Å². The molecule has 0 nitrogen and oxygen atoms in total. The predicted octanol–water partition coefficient (Wildman–Crippen LogP) is 9.40. The molecule has 10 atom stereocenters. The highest BCUT2D eigenvalue weighted by molar-refractivity contribution is 5.11. The smallest absolute Gasteiger partial charge is 0.0202 e. The van der Waals surface area contributed by atoms with Crippen molar-refractivity contribution < 1.29 is 0 Å². The molecule has 0 saturated heterocycles. The van der Waals surface area contributed by atoms with Crippen molar-refractivity contribution in [1.82, 2.24) is 0 Å². The molecule has 2 fully saturated rings. The van der Waals surface area contributed by atoms with Crippen LogP contribution in [0.5, 0.6) is 0 Å².